The molecule has 18 heavy (non-hydrogen) atoms. The summed E-state index contributed by atoms with van der Waals surface area (Å²) in [4.78, 5) is 1.45. The molecule has 1 aliphatic rings. The second-order valence-electron chi connectivity index (χ2n) is 5.41. The standard InChI is InChI=1S/C16H25NS/c1-4-17-12(2)10-13(3)18-16-9-8-14-6-5-7-15(14)11-16/h8-9,11-13,17H,4-7,10H2,1-3H3. The predicted octanol–water partition coefficient (Wildman–Crippen LogP) is 4.04. The molecule has 0 fully saturated rings. The van der Waals surface area contributed by atoms with E-state index in [9.17, 15) is 0 Å². The molecule has 0 saturated carbocycles. The van der Waals surface area contributed by atoms with Crippen molar-refractivity contribution >= 4 is 11.8 Å². The van der Waals surface area contributed by atoms with Gasteiger partial charge in [-0.05, 0) is 62.4 Å². The Labute approximate surface area is 116 Å². The van der Waals surface area contributed by atoms with Gasteiger partial charge in [0, 0.05) is 16.2 Å². The molecular formula is C16H25NS. The van der Waals surface area contributed by atoms with Gasteiger partial charge in [0.05, 0.1) is 0 Å². The Balaban J connectivity index is 1.89. The van der Waals surface area contributed by atoms with Crippen LogP contribution in [0.25, 0.3) is 0 Å². The van der Waals surface area contributed by atoms with Crippen LogP contribution in [-0.2, 0) is 12.8 Å². The third-order valence-corrected chi connectivity index (χ3v) is 4.77. The fourth-order valence-corrected chi connectivity index (χ4v) is 4.04. The summed E-state index contributed by atoms with van der Waals surface area (Å²) in [6.07, 6.45) is 5.14. The number of fused-ring (bicyclic) bond motifs is 1. The first-order chi connectivity index (χ1) is 8.69. The Kier molecular flexibility index (Phi) is 5.13. The first-order valence-electron chi connectivity index (χ1n) is 7.21. The van der Waals surface area contributed by atoms with Crippen LogP contribution in [0.1, 0.15) is 44.7 Å². The number of nitrogens with one attached hydrogen (secondary N) is 1. The fraction of sp³-hybridized carbons (Fsp3) is 0.625. The van der Waals surface area contributed by atoms with Gasteiger partial charge in [-0.3, -0.25) is 0 Å². The van der Waals surface area contributed by atoms with Crippen LogP contribution in [0, 0.1) is 0 Å². The topological polar surface area (TPSA) is 12.0 Å². The Morgan fingerprint density at radius 1 is 1.22 bits per heavy atom. The molecule has 0 heterocycles. The highest BCUT2D eigenvalue weighted by molar-refractivity contribution is 7.99. The molecule has 2 unspecified atom stereocenters. The van der Waals surface area contributed by atoms with Gasteiger partial charge in [0.2, 0.25) is 0 Å². The molecule has 0 radical (unpaired) electrons. The summed E-state index contributed by atoms with van der Waals surface area (Å²) in [6.45, 7) is 7.86. The third-order valence-electron chi connectivity index (χ3n) is 3.65. The third kappa shape index (κ3) is 3.76. The van der Waals surface area contributed by atoms with Crippen molar-refractivity contribution in [3.8, 4) is 0 Å². The normalized spacial score (nSPS) is 17.5. The van der Waals surface area contributed by atoms with E-state index >= 15 is 0 Å². The van der Waals surface area contributed by atoms with E-state index in [4.69, 9.17) is 0 Å². The Morgan fingerprint density at radius 3 is 2.78 bits per heavy atom. The van der Waals surface area contributed by atoms with Crippen LogP contribution in [0.5, 0.6) is 0 Å². The van der Waals surface area contributed by atoms with Crippen LogP contribution in [0.2, 0.25) is 0 Å². The molecule has 2 heteroatoms. The monoisotopic (exact) mass is 263 g/mol. The maximum atomic E-state index is 3.49. The molecule has 2 atom stereocenters. The zero-order valence-electron chi connectivity index (χ0n) is 11.8. The van der Waals surface area contributed by atoms with E-state index < -0.39 is 0 Å². The van der Waals surface area contributed by atoms with E-state index in [1.165, 1.54) is 30.6 Å². The number of rotatable bonds is 6. The lowest BCUT2D eigenvalue weighted by atomic mass is 10.1. The van der Waals surface area contributed by atoms with Crippen molar-refractivity contribution in [2.75, 3.05) is 6.54 Å². The van der Waals surface area contributed by atoms with Crippen LogP contribution in [0.4, 0.5) is 0 Å². The largest absolute Gasteiger partial charge is 0.314 e. The molecule has 1 aromatic rings. The number of hydrogen-bond acceptors (Lipinski definition) is 2. The summed E-state index contributed by atoms with van der Waals surface area (Å²) >= 11 is 2.02. The molecule has 100 valence electrons. The predicted molar refractivity (Wildman–Crippen MR) is 81.5 cm³/mol. The van der Waals surface area contributed by atoms with Crippen LogP contribution in [0.15, 0.2) is 23.1 Å². The fourth-order valence-electron chi connectivity index (χ4n) is 2.83. The summed E-state index contributed by atoms with van der Waals surface area (Å²) in [6, 6.07) is 7.68. The van der Waals surface area contributed by atoms with Crippen molar-refractivity contribution < 1.29 is 0 Å². The van der Waals surface area contributed by atoms with Gasteiger partial charge >= 0.3 is 0 Å². The minimum Gasteiger partial charge on any atom is -0.314 e. The van der Waals surface area contributed by atoms with Gasteiger partial charge in [-0.2, -0.15) is 0 Å². The van der Waals surface area contributed by atoms with Gasteiger partial charge in [0.1, 0.15) is 0 Å². The van der Waals surface area contributed by atoms with E-state index in [0.717, 1.165) is 6.54 Å². The van der Waals surface area contributed by atoms with Crippen molar-refractivity contribution in [2.45, 2.75) is 62.6 Å². The van der Waals surface area contributed by atoms with Crippen LogP contribution >= 0.6 is 11.8 Å². The molecule has 1 aromatic carbocycles. The van der Waals surface area contributed by atoms with E-state index in [2.05, 4.69) is 44.3 Å². The van der Waals surface area contributed by atoms with E-state index in [1.807, 2.05) is 11.8 Å². The Bertz CT molecular complexity index is 389. The molecule has 0 saturated heterocycles. The van der Waals surface area contributed by atoms with Crippen molar-refractivity contribution in [3.05, 3.63) is 29.3 Å². The summed E-state index contributed by atoms with van der Waals surface area (Å²) < 4.78 is 0. The number of benzene rings is 1. The summed E-state index contributed by atoms with van der Waals surface area (Å²) in [5, 5.41) is 4.17. The Morgan fingerprint density at radius 2 is 2.00 bits per heavy atom. The number of thioether (sulfide) groups is 1. The van der Waals surface area contributed by atoms with Gasteiger partial charge < -0.3 is 5.32 Å². The molecule has 1 nitrogen and oxygen atoms in total. The second kappa shape index (κ2) is 6.63. The van der Waals surface area contributed by atoms with Crippen LogP contribution in [-0.4, -0.2) is 17.8 Å². The highest BCUT2D eigenvalue weighted by atomic mass is 32.2. The second-order valence-corrected chi connectivity index (χ2v) is 6.92. The lowest BCUT2D eigenvalue weighted by molar-refractivity contribution is 0.530. The number of aryl methyl sites for hydroxylation is 2. The van der Waals surface area contributed by atoms with Gasteiger partial charge in [-0.1, -0.05) is 19.9 Å². The maximum Gasteiger partial charge on any atom is 0.00807 e. The van der Waals surface area contributed by atoms with Crippen LogP contribution in [0.3, 0.4) is 0 Å². The maximum absolute atomic E-state index is 3.49. The molecule has 1 aliphatic carbocycles. The summed E-state index contributed by atoms with van der Waals surface area (Å²) in [7, 11) is 0. The van der Waals surface area contributed by atoms with Gasteiger partial charge in [-0.15, -0.1) is 11.8 Å². The minimum absolute atomic E-state index is 0.618. The summed E-state index contributed by atoms with van der Waals surface area (Å²) in [5.41, 5.74) is 3.17. The van der Waals surface area contributed by atoms with E-state index in [-0.39, 0.29) is 0 Å². The molecule has 0 aromatic heterocycles. The molecule has 1 N–H and O–H groups in total. The zero-order chi connectivity index (χ0) is 13.0. The quantitative estimate of drug-likeness (QED) is 0.777. The van der Waals surface area contributed by atoms with Gasteiger partial charge in [-0.25, -0.2) is 0 Å². The molecule has 0 aliphatic heterocycles. The number of hydrogen-bond donors (Lipinski definition) is 1. The Hall–Kier alpha value is -0.470. The highest BCUT2D eigenvalue weighted by Crippen LogP contribution is 2.31. The average Bonchev–Trinajstić information content (AvgIpc) is 2.76. The zero-order valence-corrected chi connectivity index (χ0v) is 12.6. The minimum atomic E-state index is 0.618. The smallest absolute Gasteiger partial charge is 0.00807 e. The first-order valence-corrected chi connectivity index (χ1v) is 8.09. The summed E-state index contributed by atoms with van der Waals surface area (Å²) in [5.74, 6) is 0. The van der Waals surface area contributed by atoms with E-state index in [1.54, 1.807) is 11.1 Å². The van der Waals surface area contributed by atoms with Crippen molar-refractivity contribution in [2.24, 2.45) is 0 Å². The van der Waals surface area contributed by atoms with Gasteiger partial charge in [0.15, 0.2) is 0 Å². The van der Waals surface area contributed by atoms with Crippen molar-refractivity contribution in [3.63, 3.8) is 0 Å². The molecular weight excluding hydrogens is 238 g/mol. The van der Waals surface area contributed by atoms with Crippen LogP contribution < -0.4 is 5.32 Å². The van der Waals surface area contributed by atoms with E-state index in [0.29, 0.717) is 11.3 Å². The van der Waals surface area contributed by atoms with Crippen molar-refractivity contribution in [1.29, 1.82) is 0 Å². The van der Waals surface area contributed by atoms with Crippen molar-refractivity contribution in [1.82, 2.24) is 5.32 Å². The molecule has 0 bridgehead atoms. The SMILES string of the molecule is CCNC(C)CC(C)Sc1ccc2c(c1)CCC2. The molecule has 2 rings (SSSR count). The lowest BCUT2D eigenvalue weighted by Gasteiger charge is -2.18. The molecule has 0 amide bonds. The highest BCUT2D eigenvalue weighted by Gasteiger charge is 2.13. The van der Waals surface area contributed by atoms with Gasteiger partial charge in [0.25, 0.3) is 0 Å². The first kappa shape index (κ1) is 14.0. The molecule has 0 spiro atoms. The lowest BCUT2D eigenvalue weighted by Crippen LogP contribution is -2.28. The average molecular weight is 263 g/mol.